The van der Waals surface area contributed by atoms with E-state index in [9.17, 15) is 4.79 Å². The average molecular weight is 180 g/mol. The van der Waals surface area contributed by atoms with Crippen molar-refractivity contribution in [2.24, 2.45) is 0 Å². The molecule has 0 saturated carbocycles. The highest BCUT2D eigenvalue weighted by atomic mass is 16.6. The van der Waals surface area contributed by atoms with E-state index in [0.717, 1.165) is 12.0 Å². The van der Waals surface area contributed by atoms with Crippen LogP contribution in [0, 0.1) is 0 Å². The fourth-order valence-electron chi connectivity index (χ4n) is 1.16. The molecule has 0 aliphatic carbocycles. The Morgan fingerprint density at radius 1 is 1.46 bits per heavy atom. The first kappa shape index (κ1) is 9.74. The molecule has 0 aliphatic heterocycles. The molecule has 13 heavy (non-hydrogen) atoms. The molecule has 1 aromatic rings. The van der Waals surface area contributed by atoms with Crippen molar-refractivity contribution in [3.63, 3.8) is 0 Å². The molecule has 0 saturated heterocycles. The fraction of sp³-hybridized carbons (Fsp3) is 0.300. The van der Waals surface area contributed by atoms with E-state index in [0.29, 0.717) is 5.56 Å². The van der Waals surface area contributed by atoms with Crippen LogP contribution in [0.15, 0.2) is 24.3 Å². The van der Waals surface area contributed by atoms with Gasteiger partial charge in [-0.05, 0) is 18.1 Å². The number of carbonyl (C=O) groups excluding carboxylic acids is 1. The van der Waals surface area contributed by atoms with Gasteiger partial charge in [0.25, 0.3) is 0 Å². The summed E-state index contributed by atoms with van der Waals surface area (Å²) >= 11 is 0. The van der Waals surface area contributed by atoms with Gasteiger partial charge in [-0.15, -0.1) is 0 Å². The van der Waals surface area contributed by atoms with Crippen molar-refractivity contribution in [2.45, 2.75) is 13.3 Å². The highest BCUT2D eigenvalue weighted by Crippen LogP contribution is 2.10. The molecule has 0 unspecified atom stereocenters. The standard InChI is InChI=1S/C10H12O3/c1-2-8-5-3-4-6-9(8)10(12)13-7-11/h3-6,11H,2,7H2,1H3. The first-order valence-corrected chi connectivity index (χ1v) is 4.15. The summed E-state index contributed by atoms with van der Waals surface area (Å²) < 4.78 is 4.49. The summed E-state index contributed by atoms with van der Waals surface area (Å²) in [5.41, 5.74) is 1.46. The fourth-order valence-corrected chi connectivity index (χ4v) is 1.16. The number of benzene rings is 1. The second kappa shape index (κ2) is 4.62. The van der Waals surface area contributed by atoms with Gasteiger partial charge in [0, 0.05) is 0 Å². The van der Waals surface area contributed by atoms with Crippen molar-refractivity contribution in [1.29, 1.82) is 0 Å². The number of ether oxygens (including phenoxy) is 1. The van der Waals surface area contributed by atoms with Gasteiger partial charge in [0.15, 0.2) is 6.79 Å². The summed E-state index contributed by atoms with van der Waals surface area (Å²) in [6, 6.07) is 7.20. The van der Waals surface area contributed by atoms with Gasteiger partial charge in [0.1, 0.15) is 0 Å². The highest BCUT2D eigenvalue weighted by molar-refractivity contribution is 5.91. The molecule has 0 amide bonds. The van der Waals surface area contributed by atoms with Crippen molar-refractivity contribution in [3.05, 3.63) is 35.4 Å². The number of aliphatic hydroxyl groups is 1. The Morgan fingerprint density at radius 3 is 2.77 bits per heavy atom. The second-order valence-corrected chi connectivity index (χ2v) is 2.57. The summed E-state index contributed by atoms with van der Waals surface area (Å²) in [6.07, 6.45) is 0.775. The van der Waals surface area contributed by atoms with E-state index in [1.54, 1.807) is 12.1 Å². The first-order chi connectivity index (χ1) is 6.29. The number of hydrogen-bond acceptors (Lipinski definition) is 3. The maximum absolute atomic E-state index is 11.2. The van der Waals surface area contributed by atoms with E-state index in [1.807, 2.05) is 19.1 Å². The lowest BCUT2D eigenvalue weighted by molar-refractivity contribution is 0.00674. The van der Waals surface area contributed by atoms with Crippen molar-refractivity contribution in [1.82, 2.24) is 0 Å². The van der Waals surface area contributed by atoms with E-state index < -0.39 is 12.8 Å². The Kier molecular flexibility index (Phi) is 3.46. The summed E-state index contributed by atoms with van der Waals surface area (Å²) in [5, 5.41) is 8.42. The van der Waals surface area contributed by atoms with Crippen LogP contribution in [0.1, 0.15) is 22.8 Å². The first-order valence-electron chi connectivity index (χ1n) is 4.15. The zero-order chi connectivity index (χ0) is 9.68. The highest BCUT2D eigenvalue weighted by Gasteiger charge is 2.09. The molecule has 1 rings (SSSR count). The maximum Gasteiger partial charge on any atom is 0.340 e. The molecular formula is C10H12O3. The van der Waals surface area contributed by atoms with Crippen molar-refractivity contribution < 1.29 is 14.6 Å². The third-order valence-electron chi connectivity index (χ3n) is 1.81. The van der Waals surface area contributed by atoms with Gasteiger partial charge in [-0.1, -0.05) is 25.1 Å². The monoisotopic (exact) mass is 180 g/mol. The number of aryl methyl sites for hydroxylation is 1. The number of rotatable bonds is 3. The minimum atomic E-state index is -0.573. The quantitative estimate of drug-likeness (QED) is 0.564. The Balaban J connectivity index is 2.92. The molecule has 0 aliphatic rings. The predicted octanol–water partition coefficient (Wildman–Crippen LogP) is 1.36. The van der Waals surface area contributed by atoms with E-state index >= 15 is 0 Å². The number of esters is 1. The van der Waals surface area contributed by atoms with Crippen molar-refractivity contribution >= 4 is 5.97 Å². The Morgan fingerprint density at radius 2 is 2.15 bits per heavy atom. The summed E-state index contributed by atoms with van der Waals surface area (Å²) in [4.78, 5) is 11.2. The van der Waals surface area contributed by atoms with Gasteiger partial charge in [-0.3, -0.25) is 0 Å². The minimum Gasteiger partial charge on any atom is -0.435 e. The van der Waals surface area contributed by atoms with Crippen LogP contribution in [0.5, 0.6) is 0 Å². The smallest absolute Gasteiger partial charge is 0.340 e. The van der Waals surface area contributed by atoms with Gasteiger partial charge in [-0.25, -0.2) is 4.79 Å². The zero-order valence-electron chi connectivity index (χ0n) is 7.49. The van der Waals surface area contributed by atoms with Crippen LogP contribution in [0.3, 0.4) is 0 Å². The number of carbonyl (C=O) groups is 1. The van der Waals surface area contributed by atoms with E-state index in [-0.39, 0.29) is 0 Å². The molecule has 0 heterocycles. The summed E-state index contributed by atoms with van der Waals surface area (Å²) in [7, 11) is 0. The van der Waals surface area contributed by atoms with Gasteiger partial charge in [0.05, 0.1) is 5.56 Å². The Labute approximate surface area is 77.0 Å². The SMILES string of the molecule is CCc1ccccc1C(=O)OCO. The van der Waals surface area contributed by atoms with Gasteiger partial charge in [-0.2, -0.15) is 0 Å². The summed E-state index contributed by atoms with van der Waals surface area (Å²) in [6.45, 7) is 1.39. The average Bonchev–Trinajstić information content (AvgIpc) is 2.18. The van der Waals surface area contributed by atoms with Crippen LogP contribution in [0.25, 0.3) is 0 Å². The molecule has 0 aromatic heterocycles. The molecule has 0 atom stereocenters. The molecule has 3 heteroatoms. The second-order valence-electron chi connectivity index (χ2n) is 2.57. The van der Waals surface area contributed by atoms with Crippen LogP contribution in [0.4, 0.5) is 0 Å². The molecule has 0 bridgehead atoms. The van der Waals surface area contributed by atoms with Crippen molar-refractivity contribution in [2.75, 3.05) is 6.79 Å². The number of hydrogen-bond donors (Lipinski definition) is 1. The largest absolute Gasteiger partial charge is 0.435 e. The summed E-state index contributed by atoms with van der Waals surface area (Å²) in [5.74, 6) is -0.472. The molecule has 1 N–H and O–H groups in total. The van der Waals surface area contributed by atoms with Crippen LogP contribution < -0.4 is 0 Å². The van der Waals surface area contributed by atoms with Crippen LogP contribution in [-0.4, -0.2) is 17.9 Å². The molecule has 0 radical (unpaired) electrons. The number of aliphatic hydroxyl groups excluding tert-OH is 1. The molecular weight excluding hydrogens is 168 g/mol. The van der Waals surface area contributed by atoms with Gasteiger partial charge in [0.2, 0.25) is 0 Å². The van der Waals surface area contributed by atoms with Crippen LogP contribution in [-0.2, 0) is 11.2 Å². The molecule has 1 aromatic carbocycles. The molecule has 3 nitrogen and oxygen atoms in total. The van der Waals surface area contributed by atoms with Gasteiger partial charge < -0.3 is 9.84 Å². The van der Waals surface area contributed by atoms with Gasteiger partial charge >= 0.3 is 5.97 Å². The van der Waals surface area contributed by atoms with Crippen molar-refractivity contribution in [3.8, 4) is 0 Å². The van der Waals surface area contributed by atoms with E-state index in [4.69, 9.17) is 5.11 Å². The minimum absolute atomic E-state index is 0.472. The normalized spacial score (nSPS) is 9.69. The van der Waals surface area contributed by atoms with E-state index in [2.05, 4.69) is 4.74 Å². The zero-order valence-corrected chi connectivity index (χ0v) is 7.49. The third-order valence-corrected chi connectivity index (χ3v) is 1.81. The van der Waals surface area contributed by atoms with Crippen LogP contribution >= 0.6 is 0 Å². The lowest BCUT2D eigenvalue weighted by Crippen LogP contribution is -2.08. The lowest BCUT2D eigenvalue weighted by atomic mass is 10.1. The molecule has 0 fully saturated rings. The Hall–Kier alpha value is -1.35. The lowest BCUT2D eigenvalue weighted by Gasteiger charge is -2.05. The third kappa shape index (κ3) is 2.29. The predicted molar refractivity (Wildman–Crippen MR) is 48.3 cm³/mol. The Bertz CT molecular complexity index is 294. The molecule has 70 valence electrons. The molecule has 0 spiro atoms. The van der Waals surface area contributed by atoms with Crippen LogP contribution in [0.2, 0.25) is 0 Å². The van der Waals surface area contributed by atoms with E-state index in [1.165, 1.54) is 0 Å². The topological polar surface area (TPSA) is 46.5 Å². The maximum atomic E-state index is 11.2.